The number of rotatable bonds is 4. The third-order valence-corrected chi connectivity index (χ3v) is 8.38. The van der Waals surface area contributed by atoms with Crippen LogP contribution in [0.2, 0.25) is 0 Å². The van der Waals surface area contributed by atoms with Gasteiger partial charge in [0.15, 0.2) is 0 Å². The first-order chi connectivity index (χ1) is 20.9. The van der Waals surface area contributed by atoms with Crippen molar-refractivity contribution in [2.45, 2.75) is 0 Å². The summed E-state index contributed by atoms with van der Waals surface area (Å²) in [6.45, 7) is 0. The molecule has 0 bridgehead atoms. The molecule has 0 atom stereocenters. The van der Waals surface area contributed by atoms with Crippen molar-refractivity contribution in [1.82, 2.24) is 4.98 Å². The highest BCUT2D eigenvalue weighted by molar-refractivity contribution is 6.24. The van der Waals surface area contributed by atoms with Gasteiger partial charge in [-0.1, -0.05) is 146 Å². The van der Waals surface area contributed by atoms with E-state index in [9.17, 15) is 0 Å². The van der Waals surface area contributed by atoms with Crippen LogP contribution in [0.25, 0.3) is 76.8 Å². The van der Waals surface area contributed by atoms with E-state index in [1.807, 2.05) is 12.4 Å². The predicted molar refractivity (Wildman–Crippen MR) is 178 cm³/mol. The average molecular weight is 534 g/mol. The van der Waals surface area contributed by atoms with Gasteiger partial charge in [0.25, 0.3) is 0 Å². The van der Waals surface area contributed by atoms with Crippen LogP contribution in [0.3, 0.4) is 0 Å². The van der Waals surface area contributed by atoms with Crippen molar-refractivity contribution in [3.05, 3.63) is 164 Å². The summed E-state index contributed by atoms with van der Waals surface area (Å²) in [7, 11) is 0. The van der Waals surface area contributed by atoms with Crippen molar-refractivity contribution in [2.24, 2.45) is 0 Å². The van der Waals surface area contributed by atoms with Crippen molar-refractivity contribution >= 4 is 32.3 Å². The molecule has 0 fully saturated rings. The van der Waals surface area contributed by atoms with Crippen molar-refractivity contribution in [2.75, 3.05) is 0 Å². The molecular formula is C41H27N. The minimum absolute atomic E-state index is 1.16. The maximum atomic E-state index is 4.65. The standard InChI is InChI=1S/C41H27N/c1-2-11-28(12-3-1)29-21-23-31(24-22-29)33-16-6-7-17-34(33)41-37-19-9-8-18-36(37)40(38-25-26-42-27-39(38)41)35-20-10-14-30-13-4-5-15-32(30)35/h1-27H. The van der Waals surface area contributed by atoms with Gasteiger partial charge in [0, 0.05) is 17.8 Å². The zero-order valence-corrected chi connectivity index (χ0v) is 23.0. The largest absolute Gasteiger partial charge is 0.264 e. The second kappa shape index (κ2) is 10.1. The van der Waals surface area contributed by atoms with Gasteiger partial charge in [0.1, 0.15) is 0 Å². The van der Waals surface area contributed by atoms with Crippen LogP contribution >= 0.6 is 0 Å². The molecular weight excluding hydrogens is 506 g/mol. The van der Waals surface area contributed by atoms with Crippen LogP contribution in [0.4, 0.5) is 0 Å². The molecule has 0 aliphatic carbocycles. The lowest BCUT2D eigenvalue weighted by Crippen LogP contribution is -1.93. The predicted octanol–water partition coefficient (Wildman–Crippen LogP) is 11.2. The summed E-state index contributed by atoms with van der Waals surface area (Å²) in [5.74, 6) is 0. The molecule has 0 amide bonds. The SMILES string of the molecule is c1ccc(-c2ccc(-c3ccccc3-c3c4ccccc4c(-c4cccc5ccccc45)c4ccncc34)cc2)cc1. The Morgan fingerprint density at radius 3 is 1.62 bits per heavy atom. The molecule has 0 spiro atoms. The van der Waals surface area contributed by atoms with Crippen LogP contribution in [0.5, 0.6) is 0 Å². The number of pyridine rings is 1. The normalized spacial score (nSPS) is 11.3. The van der Waals surface area contributed by atoms with Crippen LogP contribution in [-0.4, -0.2) is 4.98 Å². The molecule has 0 N–H and O–H groups in total. The van der Waals surface area contributed by atoms with E-state index < -0.39 is 0 Å². The lowest BCUT2D eigenvalue weighted by Gasteiger charge is -2.20. The third kappa shape index (κ3) is 3.98. The number of hydrogen-bond donors (Lipinski definition) is 0. The second-order valence-electron chi connectivity index (χ2n) is 10.7. The third-order valence-electron chi connectivity index (χ3n) is 8.38. The van der Waals surface area contributed by atoms with Crippen LogP contribution < -0.4 is 0 Å². The molecule has 42 heavy (non-hydrogen) atoms. The van der Waals surface area contributed by atoms with E-state index in [4.69, 9.17) is 0 Å². The Kier molecular flexibility index (Phi) is 5.86. The van der Waals surface area contributed by atoms with Gasteiger partial charge in [-0.15, -0.1) is 0 Å². The molecule has 0 radical (unpaired) electrons. The van der Waals surface area contributed by atoms with Crippen LogP contribution in [0.1, 0.15) is 0 Å². The van der Waals surface area contributed by atoms with Crippen molar-refractivity contribution in [3.8, 4) is 44.5 Å². The Labute approximate surface area is 245 Å². The second-order valence-corrected chi connectivity index (χ2v) is 10.7. The zero-order valence-electron chi connectivity index (χ0n) is 23.0. The monoisotopic (exact) mass is 533 g/mol. The molecule has 1 aromatic heterocycles. The van der Waals surface area contributed by atoms with Gasteiger partial charge in [-0.25, -0.2) is 0 Å². The molecule has 196 valence electrons. The molecule has 1 heterocycles. The first-order valence-electron chi connectivity index (χ1n) is 14.4. The molecule has 8 aromatic rings. The van der Waals surface area contributed by atoms with Gasteiger partial charge in [-0.3, -0.25) is 4.98 Å². The Balaban J connectivity index is 1.40. The van der Waals surface area contributed by atoms with Gasteiger partial charge in [0.2, 0.25) is 0 Å². The molecule has 8 rings (SSSR count). The summed E-state index contributed by atoms with van der Waals surface area (Å²) in [4.78, 5) is 4.65. The highest BCUT2D eigenvalue weighted by Crippen LogP contribution is 2.47. The fraction of sp³-hybridized carbons (Fsp3) is 0. The van der Waals surface area contributed by atoms with E-state index in [2.05, 4.69) is 157 Å². The summed E-state index contributed by atoms with van der Waals surface area (Å²) in [5, 5.41) is 7.35. The van der Waals surface area contributed by atoms with Gasteiger partial charge in [-0.2, -0.15) is 0 Å². The molecule has 0 aliphatic heterocycles. The molecule has 0 saturated heterocycles. The number of hydrogen-bond acceptors (Lipinski definition) is 1. The van der Waals surface area contributed by atoms with E-state index in [-0.39, 0.29) is 0 Å². The Morgan fingerprint density at radius 1 is 0.310 bits per heavy atom. The minimum Gasteiger partial charge on any atom is -0.264 e. The first kappa shape index (κ1) is 24.3. The van der Waals surface area contributed by atoms with Crippen LogP contribution in [0.15, 0.2) is 164 Å². The van der Waals surface area contributed by atoms with Gasteiger partial charge in [0.05, 0.1) is 0 Å². The smallest absolute Gasteiger partial charge is 0.0353 e. The molecule has 0 aliphatic rings. The van der Waals surface area contributed by atoms with Crippen molar-refractivity contribution in [1.29, 1.82) is 0 Å². The van der Waals surface area contributed by atoms with E-state index in [0.29, 0.717) is 0 Å². The van der Waals surface area contributed by atoms with Crippen LogP contribution in [0, 0.1) is 0 Å². The molecule has 7 aromatic carbocycles. The summed E-state index contributed by atoms with van der Waals surface area (Å²) in [5.41, 5.74) is 9.80. The Morgan fingerprint density at radius 2 is 0.833 bits per heavy atom. The highest BCUT2D eigenvalue weighted by atomic mass is 14.6. The summed E-state index contributed by atoms with van der Waals surface area (Å²) < 4.78 is 0. The van der Waals surface area contributed by atoms with Gasteiger partial charge in [-0.05, 0) is 77.5 Å². The van der Waals surface area contributed by atoms with Gasteiger partial charge < -0.3 is 0 Å². The summed E-state index contributed by atoms with van der Waals surface area (Å²) in [6, 6.07) is 54.6. The number of aromatic nitrogens is 1. The highest BCUT2D eigenvalue weighted by Gasteiger charge is 2.19. The maximum absolute atomic E-state index is 4.65. The number of benzene rings is 7. The summed E-state index contributed by atoms with van der Waals surface area (Å²) >= 11 is 0. The Bertz CT molecular complexity index is 2170. The number of fused-ring (bicyclic) bond motifs is 3. The fourth-order valence-corrected chi connectivity index (χ4v) is 6.47. The van der Waals surface area contributed by atoms with Crippen LogP contribution in [-0.2, 0) is 0 Å². The topological polar surface area (TPSA) is 12.9 Å². The van der Waals surface area contributed by atoms with Crippen molar-refractivity contribution in [3.63, 3.8) is 0 Å². The molecule has 0 unspecified atom stereocenters. The van der Waals surface area contributed by atoms with Crippen molar-refractivity contribution < 1.29 is 0 Å². The zero-order chi connectivity index (χ0) is 27.9. The molecule has 0 saturated carbocycles. The molecule has 1 nitrogen and oxygen atoms in total. The average Bonchev–Trinajstić information content (AvgIpc) is 3.07. The lowest BCUT2D eigenvalue weighted by molar-refractivity contribution is 1.37. The fourth-order valence-electron chi connectivity index (χ4n) is 6.47. The number of nitrogens with zero attached hydrogens (tertiary/aromatic N) is 1. The summed E-state index contributed by atoms with van der Waals surface area (Å²) in [6.07, 6.45) is 3.96. The Hall–Kier alpha value is -5.53. The lowest BCUT2D eigenvalue weighted by atomic mass is 9.83. The molecule has 1 heteroatoms. The quantitative estimate of drug-likeness (QED) is 0.205. The van der Waals surface area contributed by atoms with E-state index in [1.165, 1.54) is 71.4 Å². The van der Waals surface area contributed by atoms with E-state index >= 15 is 0 Å². The van der Waals surface area contributed by atoms with Gasteiger partial charge >= 0.3 is 0 Å². The minimum atomic E-state index is 1.16. The first-order valence-corrected chi connectivity index (χ1v) is 14.4. The van der Waals surface area contributed by atoms with E-state index in [0.717, 1.165) is 5.39 Å². The van der Waals surface area contributed by atoms with E-state index in [1.54, 1.807) is 0 Å². The maximum Gasteiger partial charge on any atom is 0.0353 e.